The smallest absolute Gasteiger partial charge is 0.119 e. The molecule has 1 aromatic rings. The van der Waals surface area contributed by atoms with E-state index in [9.17, 15) is 0 Å². The summed E-state index contributed by atoms with van der Waals surface area (Å²) in [6.45, 7) is 4.89. The first kappa shape index (κ1) is 16.2. The molecular formula is C23H32O. The van der Waals surface area contributed by atoms with E-state index in [1.54, 1.807) is 23.8 Å². The normalized spacial score (nSPS) is 36.1. The van der Waals surface area contributed by atoms with Crippen molar-refractivity contribution in [3.63, 3.8) is 0 Å². The Morgan fingerprint density at radius 2 is 2.08 bits per heavy atom. The van der Waals surface area contributed by atoms with E-state index in [2.05, 4.69) is 38.1 Å². The standard InChI is InChI=1S/C23H32O/c1-4-5-6-17-8-12-22-21-10-7-16-15-18(24-3)9-11-19(16)20(21)13-14-23(17,22)2/h6,9,11,15,20-22H,4-5,7-8,10,12-14H2,1-3H3/b17-6-/t20-,21-,22+,23-/m1/s1. The Kier molecular flexibility index (Phi) is 4.22. The van der Waals surface area contributed by atoms with Crippen molar-refractivity contribution in [1.82, 2.24) is 0 Å². The molecular weight excluding hydrogens is 292 g/mol. The van der Waals surface area contributed by atoms with Gasteiger partial charge in [-0.2, -0.15) is 0 Å². The van der Waals surface area contributed by atoms with Crippen molar-refractivity contribution in [2.75, 3.05) is 7.11 Å². The second-order valence-corrected chi connectivity index (χ2v) is 8.49. The maximum atomic E-state index is 5.45. The van der Waals surface area contributed by atoms with E-state index in [0.717, 1.165) is 23.5 Å². The molecule has 0 aliphatic heterocycles. The number of allylic oxidation sites excluding steroid dienone is 2. The van der Waals surface area contributed by atoms with Gasteiger partial charge in [0.1, 0.15) is 5.75 Å². The molecule has 0 aromatic heterocycles. The van der Waals surface area contributed by atoms with Crippen LogP contribution < -0.4 is 4.74 Å². The van der Waals surface area contributed by atoms with Crippen molar-refractivity contribution >= 4 is 0 Å². The monoisotopic (exact) mass is 324 g/mol. The third kappa shape index (κ3) is 2.43. The van der Waals surface area contributed by atoms with E-state index in [1.807, 2.05) is 0 Å². The fourth-order valence-electron chi connectivity index (χ4n) is 6.19. The van der Waals surface area contributed by atoms with Gasteiger partial charge in [-0.05, 0) is 91.4 Å². The van der Waals surface area contributed by atoms with Crippen LogP contribution in [0.15, 0.2) is 29.8 Å². The van der Waals surface area contributed by atoms with Gasteiger partial charge in [0, 0.05) is 0 Å². The fourth-order valence-corrected chi connectivity index (χ4v) is 6.19. The van der Waals surface area contributed by atoms with Crippen LogP contribution in [0.1, 0.15) is 75.8 Å². The van der Waals surface area contributed by atoms with Crippen molar-refractivity contribution in [2.45, 2.75) is 71.1 Å². The Balaban J connectivity index is 1.63. The van der Waals surface area contributed by atoms with Crippen molar-refractivity contribution in [1.29, 1.82) is 0 Å². The predicted molar refractivity (Wildman–Crippen MR) is 101 cm³/mol. The zero-order valence-corrected chi connectivity index (χ0v) is 15.6. The van der Waals surface area contributed by atoms with Gasteiger partial charge < -0.3 is 4.74 Å². The van der Waals surface area contributed by atoms with Crippen molar-refractivity contribution in [2.24, 2.45) is 17.3 Å². The highest BCUT2D eigenvalue weighted by Crippen LogP contribution is 2.62. The molecule has 4 rings (SSSR count). The summed E-state index contributed by atoms with van der Waals surface area (Å²) >= 11 is 0. The molecule has 0 unspecified atom stereocenters. The lowest BCUT2D eigenvalue weighted by Gasteiger charge is -2.49. The number of benzene rings is 1. The summed E-state index contributed by atoms with van der Waals surface area (Å²) in [5.74, 6) is 3.63. The molecule has 2 fully saturated rings. The quantitative estimate of drug-likeness (QED) is 0.595. The molecule has 0 heterocycles. The number of ether oxygens (including phenoxy) is 1. The number of methoxy groups -OCH3 is 1. The van der Waals surface area contributed by atoms with E-state index >= 15 is 0 Å². The van der Waals surface area contributed by atoms with E-state index in [4.69, 9.17) is 4.74 Å². The zero-order chi connectivity index (χ0) is 16.7. The van der Waals surface area contributed by atoms with Crippen LogP contribution in [0, 0.1) is 17.3 Å². The number of aryl methyl sites for hydroxylation is 1. The first-order valence-electron chi connectivity index (χ1n) is 10.0. The number of rotatable bonds is 3. The number of hydrogen-bond donors (Lipinski definition) is 0. The van der Waals surface area contributed by atoms with Gasteiger partial charge in [0.2, 0.25) is 0 Å². The third-order valence-electron chi connectivity index (χ3n) is 7.46. The SMILES string of the molecule is CCC/C=C1/CC[C@H]2[C@@H]3CCc4cc(OC)ccc4[C@H]3CC[C@]12C. The largest absolute Gasteiger partial charge is 0.497 e. The molecule has 4 atom stereocenters. The molecule has 24 heavy (non-hydrogen) atoms. The summed E-state index contributed by atoms with van der Waals surface area (Å²) in [5.41, 5.74) is 5.49. The Morgan fingerprint density at radius 3 is 2.88 bits per heavy atom. The van der Waals surface area contributed by atoms with Crippen LogP contribution in [0.4, 0.5) is 0 Å². The van der Waals surface area contributed by atoms with E-state index in [1.165, 1.54) is 51.4 Å². The summed E-state index contributed by atoms with van der Waals surface area (Å²) in [6.07, 6.45) is 13.3. The molecule has 0 radical (unpaired) electrons. The van der Waals surface area contributed by atoms with E-state index in [-0.39, 0.29) is 0 Å². The second kappa shape index (κ2) is 6.24. The molecule has 1 heteroatoms. The average Bonchev–Trinajstić information content (AvgIpc) is 2.95. The zero-order valence-electron chi connectivity index (χ0n) is 15.6. The highest BCUT2D eigenvalue weighted by molar-refractivity contribution is 5.41. The highest BCUT2D eigenvalue weighted by atomic mass is 16.5. The first-order valence-corrected chi connectivity index (χ1v) is 10.0. The molecule has 3 aliphatic rings. The summed E-state index contributed by atoms with van der Waals surface area (Å²) in [5, 5.41) is 0. The highest BCUT2D eigenvalue weighted by Gasteiger charge is 2.52. The summed E-state index contributed by atoms with van der Waals surface area (Å²) < 4.78 is 5.45. The summed E-state index contributed by atoms with van der Waals surface area (Å²) in [7, 11) is 1.78. The van der Waals surface area contributed by atoms with Gasteiger partial charge in [-0.15, -0.1) is 0 Å². The molecule has 0 bridgehead atoms. The second-order valence-electron chi connectivity index (χ2n) is 8.49. The molecule has 3 aliphatic carbocycles. The number of fused-ring (bicyclic) bond motifs is 5. The molecule has 130 valence electrons. The lowest BCUT2D eigenvalue weighted by molar-refractivity contribution is 0.0812. The minimum absolute atomic E-state index is 0.500. The van der Waals surface area contributed by atoms with Crippen LogP contribution in [0.2, 0.25) is 0 Å². The van der Waals surface area contributed by atoms with Gasteiger partial charge in [-0.25, -0.2) is 0 Å². The molecule has 1 nitrogen and oxygen atoms in total. The molecule has 1 aromatic carbocycles. The van der Waals surface area contributed by atoms with Gasteiger partial charge >= 0.3 is 0 Å². The summed E-state index contributed by atoms with van der Waals surface area (Å²) in [6, 6.07) is 6.84. The number of unbranched alkanes of at least 4 members (excludes halogenated alkanes) is 1. The van der Waals surface area contributed by atoms with E-state index in [0.29, 0.717) is 5.41 Å². The average molecular weight is 325 g/mol. The van der Waals surface area contributed by atoms with Gasteiger partial charge in [-0.3, -0.25) is 0 Å². The van der Waals surface area contributed by atoms with Gasteiger partial charge in [0.05, 0.1) is 7.11 Å². The first-order chi connectivity index (χ1) is 11.7. The maximum absolute atomic E-state index is 5.45. The minimum Gasteiger partial charge on any atom is -0.497 e. The lowest BCUT2D eigenvalue weighted by Crippen LogP contribution is -2.40. The molecule has 0 saturated heterocycles. The lowest BCUT2D eigenvalue weighted by atomic mass is 9.55. The van der Waals surface area contributed by atoms with Gasteiger partial charge in [0.25, 0.3) is 0 Å². The fraction of sp³-hybridized carbons (Fsp3) is 0.652. The summed E-state index contributed by atoms with van der Waals surface area (Å²) in [4.78, 5) is 0. The molecule has 0 spiro atoms. The van der Waals surface area contributed by atoms with Crippen LogP contribution in [-0.2, 0) is 6.42 Å². The van der Waals surface area contributed by atoms with Gasteiger partial charge in [0.15, 0.2) is 0 Å². The Hall–Kier alpha value is -1.24. The number of hydrogen-bond acceptors (Lipinski definition) is 1. The van der Waals surface area contributed by atoms with Crippen LogP contribution in [0.3, 0.4) is 0 Å². The predicted octanol–water partition coefficient (Wildman–Crippen LogP) is 6.28. The Labute approximate surface area is 147 Å². The minimum atomic E-state index is 0.500. The van der Waals surface area contributed by atoms with Crippen LogP contribution >= 0.6 is 0 Å². The van der Waals surface area contributed by atoms with Crippen molar-refractivity contribution in [3.05, 3.63) is 41.0 Å². The molecule has 0 amide bonds. The van der Waals surface area contributed by atoms with Gasteiger partial charge in [-0.1, -0.05) is 38.0 Å². The maximum Gasteiger partial charge on any atom is 0.119 e. The van der Waals surface area contributed by atoms with Crippen molar-refractivity contribution in [3.8, 4) is 5.75 Å². The van der Waals surface area contributed by atoms with Crippen LogP contribution in [0.25, 0.3) is 0 Å². The molecule has 0 N–H and O–H groups in total. The third-order valence-corrected chi connectivity index (χ3v) is 7.46. The van der Waals surface area contributed by atoms with Crippen LogP contribution in [-0.4, -0.2) is 7.11 Å². The van der Waals surface area contributed by atoms with Crippen LogP contribution in [0.5, 0.6) is 5.75 Å². The van der Waals surface area contributed by atoms with E-state index < -0.39 is 0 Å². The van der Waals surface area contributed by atoms with Crippen molar-refractivity contribution < 1.29 is 4.74 Å². The molecule has 2 saturated carbocycles. The Morgan fingerprint density at radius 1 is 1.21 bits per heavy atom. The Bertz CT molecular complexity index is 643. The topological polar surface area (TPSA) is 9.23 Å².